The summed E-state index contributed by atoms with van der Waals surface area (Å²) >= 11 is 0. The molecule has 0 saturated heterocycles. The molecule has 0 heterocycles. The Balaban J connectivity index is 1.94. The number of nitrogens with one attached hydrogen (secondary N) is 1. The van der Waals surface area contributed by atoms with Crippen LogP contribution in [0.1, 0.15) is 25.0 Å². The molecule has 0 saturated carbocycles. The zero-order valence-corrected chi connectivity index (χ0v) is 12.9. The zero-order chi connectivity index (χ0) is 15.2. The topological polar surface area (TPSA) is 15.3 Å². The summed E-state index contributed by atoms with van der Waals surface area (Å²) in [6.07, 6.45) is 0. The molecule has 0 aliphatic heterocycles. The highest BCUT2D eigenvalue weighted by Crippen LogP contribution is 2.16. The average molecular weight is 286 g/mol. The summed E-state index contributed by atoms with van der Waals surface area (Å²) in [4.78, 5) is 2.11. The minimum absolute atomic E-state index is 0.200. The van der Waals surface area contributed by atoms with Crippen LogP contribution in [0.2, 0.25) is 0 Å². The number of anilines is 1. The van der Waals surface area contributed by atoms with Gasteiger partial charge in [-0.3, -0.25) is 0 Å². The molecule has 1 N–H and O–H groups in total. The number of nitrogens with zero attached hydrogens (tertiary/aromatic N) is 1. The van der Waals surface area contributed by atoms with Crippen LogP contribution in [0.25, 0.3) is 0 Å². The molecule has 2 aromatic carbocycles. The van der Waals surface area contributed by atoms with Gasteiger partial charge in [-0.1, -0.05) is 38.1 Å². The summed E-state index contributed by atoms with van der Waals surface area (Å²) in [5.41, 5.74) is 3.55. The van der Waals surface area contributed by atoms with Crippen molar-refractivity contribution >= 4 is 5.69 Å². The highest BCUT2D eigenvalue weighted by Gasteiger charge is 2.03. The van der Waals surface area contributed by atoms with E-state index in [9.17, 15) is 4.39 Å². The molecule has 2 aromatic rings. The van der Waals surface area contributed by atoms with Gasteiger partial charge in [-0.2, -0.15) is 0 Å². The molecule has 0 aliphatic rings. The number of halogens is 1. The van der Waals surface area contributed by atoms with Gasteiger partial charge in [0, 0.05) is 31.9 Å². The van der Waals surface area contributed by atoms with Gasteiger partial charge in [-0.05, 0) is 35.4 Å². The third-order valence-electron chi connectivity index (χ3n) is 3.42. The first kappa shape index (κ1) is 15.5. The Labute approximate surface area is 126 Å². The van der Waals surface area contributed by atoms with Crippen LogP contribution < -0.4 is 10.2 Å². The van der Waals surface area contributed by atoms with E-state index >= 15 is 0 Å². The van der Waals surface area contributed by atoms with Gasteiger partial charge in [0.25, 0.3) is 0 Å². The van der Waals surface area contributed by atoms with Crippen LogP contribution >= 0.6 is 0 Å². The van der Waals surface area contributed by atoms with Crippen molar-refractivity contribution in [1.29, 1.82) is 0 Å². The molecule has 0 spiro atoms. The van der Waals surface area contributed by atoms with Crippen molar-refractivity contribution in [3.8, 4) is 0 Å². The monoisotopic (exact) mass is 286 g/mol. The molecule has 0 aromatic heterocycles. The summed E-state index contributed by atoms with van der Waals surface area (Å²) in [5.74, 6) is -0.200. The fourth-order valence-corrected chi connectivity index (χ4v) is 2.15. The van der Waals surface area contributed by atoms with Gasteiger partial charge in [0.1, 0.15) is 5.82 Å². The van der Waals surface area contributed by atoms with Gasteiger partial charge in [0.2, 0.25) is 0 Å². The maximum Gasteiger partial charge on any atom is 0.123 e. The third-order valence-corrected chi connectivity index (χ3v) is 3.42. The summed E-state index contributed by atoms with van der Waals surface area (Å²) in [5, 5.41) is 3.41. The second-order valence-corrected chi connectivity index (χ2v) is 5.68. The molecule has 2 nitrogen and oxygen atoms in total. The van der Waals surface area contributed by atoms with E-state index < -0.39 is 0 Å². The minimum Gasteiger partial charge on any atom is -0.370 e. The van der Waals surface area contributed by atoms with Crippen molar-refractivity contribution in [3.05, 3.63) is 65.5 Å². The van der Waals surface area contributed by atoms with Gasteiger partial charge < -0.3 is 10.2 Å². The average Bonchev–Trinajstić information content (AvgIpc) is 2.47. The van der Waals surface area contributed by atoms with Crippen molar-refractivity contribution in [3.63, 3.8) is 0 Å². The largest absolute Gasteiger partial charge is 0.370 e. The minimum atomic E-state index is -0.200. The Morgan fingerprint density at radius 1 is 0.952 bits per heavy atom. The van der Waals surface area contributed by atoms with E-state index in [0.29, 0.717) is 6.04 Å². The highest BCUT2D eigenvalue weighted by molar-refractivity contribution is 5.46. The lowest BCUT2D eigenvalue weighted by Gasteiger charge is -2.19. The van der Waals surface area contributed by atoms with Crippen molar-refractivity contribution in [2.45, 2.75) is 33.0 Å². The molecule has 3 heteroatoms. The predicted octanol–water partition coefficient (Wildman–Crippen LogP) is 3.96. The summed E-state index contributed by atoms with van der Waals surface area (Å²) < 4.78 is 12.9. The maximum absolute atomic E-state index is 12.9. The van der Waals surface area contributed by atoms with E-state index in [1.807, 2.05) is 7.05 Å². The van der Waals surface area contributed by atoms with E-state index in [2.05, 4.69) is 48.3 Å². The molecule has 2 rings (SSSR count). The smallest absolute Gasteiger partial charge is 0.123 e. The molecule has 0 amide bonds. The standard InChI is InChI=1S/C18H23FN2/c1-14(2)20-12-15-4-6-16(7-5-15)13-21(3)18-10-8-17(19)9-11-18/h4-11,14,20H,12-13H2,1-3H3. The lowest BCUT2D eigenvalue weighted by Crippen LogP contribution is -2.21. The molecule has 0 bridgehead atoms. The molecular formula is C18H23FN2. The van der Waals surface area contributed by atoms with Gasteiger partial charge in [0.15, 0.2) is 0 Å². The Morgan fingerprint density at radius 3 is 2.10 bits per heavy atom. The first-order valence-corrected chi connectivity index (χ1v) is 7.32. The second-order valence-electron chi connectivity index (χ2n) is 5.68. The van der Waals surface area contributed by atoms with Crippen LogP contribution in [0.3, 0.4) is 0 Å². The number of rotatable bonds is 6. The zero-order valence-electron chi connectivity index (χ0n) is 12.9. The summed E-state index contributed by atoms with van der Waals surface area (Å²) in [6, 6.07) is 15.7. The first-order chi connectivity index (χ1) is 10.0. The molecule has 0 unspecified atom stereocenters. The molecule has 0 aliphatic carbocycles. The summed E-state index contributed by atoms with van der Waals surface area (Å²) in [6.45, 7) is 5.99. The summed E-state index contributed by atoms with van der Waals surface area (Å²) in [7, 11) is 2.02. The van der Waals surface area contributed by atoms with E-state index in [4.69, 9.17) is 0 Å². The molecule has 0 fully saturated rings. The lowest BCUT2D eigenvalue weighted by molar-refractivity contribution is 0.589. The van der Waals surface area contributed by atoms with Crippen molar-refractivity contribution in [2.75, 3.05) is 11.9 Å². The Kier molecular flexibility index (Phi) is 5.34. The van der Waals surface area contributed by atoms with Crippen LogP contribution in [0.5, 0.6) is 0 Å². The molecule has 112 valence electrons. The molecular weight excluding hydrogens is 263 g/mol. The van der Waals surface area contributed by atoms with Crippen molar-refractivity contribution in [1.82, 2.24) is 5.32 Å². The van der Waals surface area contributed by atoms with E-state index in [0.717, 1.165) is 18.8 Å². The molecule has 0 atom stereocenters. The SMILES string of the molecule is CC(C)NCc1ccc(CN(C)c2ccc(F)cc2)cc1. The quantitative estimate of drug-likeness (QED) is 0.864. The highest BCUT2D eigenvalue weighted by atomic mass is 19.1. The van der Waals surface area contributed by atoms with Crippen molar-refractivity contribution < 1.29 is 4.39 Å². The number of benzene rings is 2. The van der Waals surface area contributed by atoms with Crippen LogP contribution in [0.4, 0.5) is 10.1 Å². The fraction of sp³-hybridized carbons (Fsp3) is 0.333. The van der Waals surface area contributed by atoms with Gasteiger partial charge >= 0.3 is 0 Å². The van der Waals surface area contributed by atoms with Gasteiger partial charge in [-0.15, -0.1) is 0 Å². The predicted molar refractivity (Wildman–Crippen MR) is 86.9 cm³/mol. The van der Waals surface area contributed by atoms with Crippen LogP contribution in [-0.4, -0.2) is 13.1 Å². The normalized spacial score (nSPS) is 10.9. The van der Waals surface area contributed by atoms with Crippen LogP contribution in [-0.2, 0) is 13.1 Å². The Bertz CT molecular complexity index is 546. The fourth-order valence-electron chi connectivity index (χ4n) is 2.15. The molecule has 0 radical (unpaired) electrons. The van der Waals surface area contributed by atoms with Gasteiger partial charge in [-0.25, -0.2) is 4.39 Å². The van der Waals surface area contributed by atoms with Crippen molar-refractivity contribution in [2.24, 2.45) is 0 Å². The number of hydrogen-bond acceptors (Lipinski definition) is 2. The lowest BCUT2D eigenvalue weighted by atomic mass is 10.1. The van der Waals surface area contributed by atoms with E-state index in [-0.39, 0.29) is 5.82 Å². The number of hydrogen-bond donors (Lipinski definition) is 1. The van der Waals surface area contributed by atoms with E-state index in [1.54, 1.807) is 12.1 Å². The first-order valence-electron chi connectivity index (χ1n) is 7.32. The maximum atomic E-state index is 12.9. The van der Waals surface area contributed by atoms with Crippen LogP contribution in [0.15, 0.2) is 48.5 Å². The Morgan fingerprint density at radius 2 is 1.52 bits per heavy atom. The van der Waals surface area contributed by atoms with E-state index in [1.165, 1.54) is 23.3 Å². The van der Waals surface area contributed by atoms with Gasteiger partial charge in [0.05, 0.1) is 0 Å². The second kappa shape index (κ2) is 7.23. The Hall–Kier alpha value is -1.87. The van der Waals surface area contributed by atoms with Crippen LogP contribution in [0, 0.1) is 5.82 Å². The third kappa shape index (κ3) is 4.87. The molecule has 21 heavy (non-hydrogen) atoms.